The van der Waals surface area contributed by atoms with Crippen LogP contribution in [-0.2, 0) is 6.61 Å². The van der Waals surface area contributed by atoms with E-state index in [2.05, 4.69) is 9.97 Å². The van der Waals surface area contributed by atoms with Crippen LogP contribution in [0.15, 0.2) is 5.38 Å². The number of nitrogens with zero attached hydrogens (tertiary/aromatic N) is 2. The highest BCUT2D eigenvalue weighted by atomic mass is 32.1. The van der Waals surface area contributed by atoms with E-state index in [1.54, 1.807) is 11.3 Å². The molecular weight excluding hydrogens is 216 g/mol. The molecule has 74 valence electrons. The summed E-state index contributed by atoms with van der Waals surface area (Å²) in [5.74, 6) is 0. The largest absolute Gasteiger partial charge is 0.389 e. The van der Waals surface area contributed by atoms with Gasteiger partial charge in [-0.2, -0.15) is 0 Å². The molecule has 1 N–H and O–H groups in total. The number of aryl methyl sites for hydroxylation is 2. The molecule has 0 spiro atoms. The van der Waals surface area contributed by atoms with Gasteiger partial charge in [0.2, 0.25) is 0 Å². The monoisotopic (exact) mass is 226 g/mol. The van der Waals surface area contributed by atoms with Crippen LogP contribution in [0.4, 0.5) is 0 Å². The van der Waals surface area contributed by atoms with Crippen LogP contribution >= 0.6 is 22.7 Å². The van der Waals surface area contributed by atoms with Gasteiger partial charge in [0.05, 0.1) is 11.6 Å². The first-order valence-electron chi connectivity index (χ1n) is 4.20. The van der Waals surface area contributed by atoms with Gasteiger partial charge in [0.15, 0.2) is 0 Å². The van der Waals surface area contributed by atoms with E-state index in [1.807, 2.05) is 19.2 Å². The van der Waals surface area contributed by atoms with E-state index >= 15 is 0 Å². The molecule has 0 saturated carbocycles. The quantitative estimate of drug-likeness (QED) is 0.855. The second-order valence-corrected chi connectivity index (χ2v) is 5.27. The van der Waals surface area contributed by atoms with E-state index in [4.69, 9.17) is 5.11 Å². The minimum Gasteiger partial charge on any atom is -0.389 e. The number of rotatable bonds is 2. The second kappa shape index (κ2) is 3.76. The smallest absolute Gasteiger partial charge is 0.119 e. The Kier molecular flexibility index (Phi) is 2.62. The number of aliphatic hydroxyl groups is 1. The predicted molar refractivity (Wildman–Crippen MR) is 58.6 cm³/mol. The van der Waals surface area contributed by atoms with Crippen LogP contribution in [0.1, 0.15) is 14.9 Å². The molecule has 0 bridgehead atoms. The molecule has 0 unspecified atom stereocenters. The Morgan fingerprint density at radius 1 is 1.36 bits per heavy atom. The molecule has 2 aromatic rings. The van der Waals surface area contributed by atoms with Crippen molar-refractivity contribution >= 4 is 22.7 Å². The summed E-state index contributed by atoms with van der Waals surface area (Å²) >= 11 is 3.14. The predicted octanol–water partition coefficient (Wildman–Crippen LogP) is 2.38. The van der Waals surface area contributed by atoms with Crippen LogP contribution in [0.2, 0.25) is 0 Å². The summed E-state index contributed by atoms with van der Waals surface area (Å²) in [6, 6.07) is 0. The number of hydrogen-bond acceptors (Lipinski definition) is 5. The third-order valence-corrected chi connectivity index (χ3v) is 3.55. The molecule has 0 aliphatic heterocycles. The van der Waals surface area contributed by atoms with Crippen LogP contribution in [0.3, 0.4) is 0 Å². The molecule has 2 heterocycles. The van der Waals surface area contributed by atoms with Gasteiger partial charge in [-0.25, -0.2) is 9.97 Å². The van der Waals surface area contributed by atoms with Gasteiger partial charge in [0.1, 0.15) is 16.4 Å². The van der Waals surface area contributed by atoms with Crippen LogP contribution in [0.5, 0.6) is 0 Å². The Bertz CT molecular complexity index is 447. The minimum atomic E-state index is 0.00678. The van der Waals surface area contributed by atoms with Crippen LogP contribution in [-0.4, -0.2) is 15.1 Å². The molecule has 0 radical (unpaired) electrons. The Morgan fingerprint density at radius 2 is 2.14 bits per heavy atom. The van der Waals surface area contributed by atoms with E-state index in [1.165, 1.54) is 16.2 Å². The molecule has 5 heteroatoms. The van der Waals surface area contributed by atoms with Crippen LogP contribution in [0.25, 0.3) is 11.4 Å². The zero-order valence-electron chi connectivity index (χ0n) is 7.94. The lowest BCUT2D eigenvalue weighted by atomic mass is 10.3. The summed E-state index contributed by atoms with van der Waals surface area (Å²) in [4.78, 5) is 9.87. The van der Waals surface area contributed by atoms with Crippen molar-refractivity contribution < 1.29 is 5.11 Å². The van der Waals surface area contributed by atoms with Gasteiger partial charge < -0.3 is 5.11 Å². The molecule has 0 fully saturated rings. The van der Waals surface area contributed by atoms with Gasteiger partial charge in [0.25, 0.3) is 0 Å². The van der Waals surface area contributed by atoms with Gasteiger partial charge in [-0.1, -0.05) is 0 Å². The van der Waals surface area contributed by atoms with Crippen LogP contribution in [0, 0.1) is 13.8 Å². The average molecular weight is 226 g/mol. The molecule has 2 aromatic heterocycles. The van der Waals surface area contributed by atoms with Gasteiger partial charge >= 0.3 is 0 Å². The number of aromatic nitrogens is 2. The SMILES string of the molecule is Cc1nc(-c2csc(CO)n2)c(C)s1. The summed E-state index contributed by atoms with van der Waals surface area (Å²) in [6.07, 6.45) is 0. The maximum absolute atomic E-state index is 8.90. The summed E-state index contributed by atoms with van der Waals surface area (Å²) in [7, 11) is 0. The van der Waals surface area contributed by atoms with E-state index in [0.717, 1.165) is 21.4 Å². The van der Waals surface area contributed by atoms with E-state index in [9.17, 15) is 0 Å². The average Bonchev–Trinajstić information content (AvgIpc) is 2.71. The molecule has 2 rings (SSSR count). The molecule has 0 atom stereocenters. The Hall–Kier alpha value is -0.780. The summed E-state index contributed by atoms with van der Waals surface area (Å²) in [5, 5.41) is 12.6. The van der Waals surface area contributed by atoms with Crippen molar-refractivity contribution in [2.24, 2.45) is 0 Å². The first kappa shape index (κ1) is 9.76. The van der Waals surface area contributed by atoms with Crippen molar-refractivity contribution in [3.8, 4) is 11.4 Å². The van der Waals surface area contributed by atoms with Crippen molar-refractivity contribution in [1.29, 1.82) is 0 Å². The van der Waals surface area contributed by atoms with Gasteiger partial charge in [-0.05, 0) is 13.8 Å². The molecule has 0 aliphatic carbocycles. The highest BCUT2D eigenvalue weighted by Gasteiger charge is 2.10. The Balaban J connectivity index is 2.43. The lowest BCUT2D eigenvalue weighted by Gasteiger charge is -1.90. The molecule has 0 amide bonds. The molecule has 0 aromatic carbocycles. The van der Waals surface area contributed by atoms with E-state index in [0.29, 0.717) is 0 Å². The van der Waals surface area contributed by atoms with Crippen molar-refractivity contribution in [3.63, 3.8) is 0 Å². The highest BCUT2D eigenvalue weighted by Crippen LogP contribution is 2.27. The van der Waals surface area contributed by atoms with Crippen molar-refractivity contribution in [2.45, 2.75) is 20.5 Å². The number of hydrogen-bond donors (Lipinski definition) is 1. The van der Waals surface area contributed by atoms with Crippen molar-refractivity contribution in [3.05, 3.63) is 20.3 Å². The lowest BCUT2D eigenvalue weighted by molar-refractivity contribution is 0.281. The topological polar surface area (TPSA) is 46.0 Å². The second-order valence-electron chi connectivity index (χ2n) is 2.92. The summed E-state index contributed by atoms with van der Waals surface area (Å²) in [6.45, 7) is 4.03. The number of thiazole rings is 2. The minimum absolute atomic E-state index is 0.00678. The third-order valence-electron chi connectivity index (χ3n) is 1.83. The maximum Gasteiger partial charge on any atom is 0.119 e. The Labute approximate surface area is 90.1 Å². The fourth-order valence-electron chi connectivity index (χ4n) is 1.26. The fourth-order valence-corrected chi connectivity index (χ4v) is 2.72. The first-order valence-corrected chi connectivity index (χ1v) is 5.90. The molecule has 3 nitrogen and oxygen atoms in total. The molecule has 0 saturated heterocycles. The zero-order chi connectivity index (χ0) is 10.1. The summed E-state index contributed by atoms with van der Waals surface area (Å²) < 4.78 is 0. The lowest BCUT2D eigenvalue weighted by Crippen LogP contribution is -1.84. The van der Waals surface area contributed by atoms with Crippen molar-refractivity contribution in [1.82, 2.24) is 9.97 Å². The maximum atomic E-state index is 8.90. The van der Waals surface area contributed by atoms with Gasteiger partial charge in [0, 0.05) is 10.3 Å². The van der Waals surface area contributed by atoms with Crippen LogP contribution < -0.4 is 0 Å². The number of aliphatic hydroxyl groups excluding tert-OH is 1. The Morgan fingerprint density at radius 3 is 2.64 bits per heavy atom. The fraction of sp³-hybridized carbons (Fsp3) is 0.333. The summed E-state index contributed by atoms with van der Waals surface area (Å²) in [5.41, 5.74) is 1.82. The van der Waals surface area contributed by atoms with Crippen molar-refractivity contribution in [2.75, 3.05) is 0 Å². The normalized spacial score (nSPS) is 10.8. The molecule has 0 aliphatic rings. The molecular formula is C9H10N2OS2. The zero-order valence-corrected chi connectivity index (χ0v) is 9.58. The van der Waals surface area contributed by atoms with Gasteiger partial charge in [-0.3, -0.25) is 0 Å². The molecule has 14 heavy (non-hydrogen) atoms. The third kappa shape index (κ3) is 1.70. The van der Waals surface area contributed by atoms with E-state index < -0.39 is 0 Å². The first-order chi connectivity index (χ1) is 6.70. The standard InChI is InChI=1S/C9H10N2OS2/c1-5-9(10-6(2)14-5)7-4-13-8(3-12)11-7/h4,12H,3H2,1-2H3. The van der Waals surface area contributed by atoms with Gasteiger partial charge in [-0.15, -0.1) is 22.7 Å². The highest BCUT2D eigenvalue weighted by molar-refractivity contribution is 7.12. The van der Waals surface area contributed by atoms with E-state index in [-0.39, 0.29) is 6.61 Å².